The molecule has 3 heterocycles. The number of aliphatic hydroxyl groups is 1. The van der Waals surface area contributed by atoms with Crippen molar-refractivity contribution in [2.75, 3.05) is 25.2 Å². The Balaban J connectivity index is 1.64. The Morgan fingerprint density at radius 3 is 2.84 bits per heavy atom. The van der Waals surface area contributed by atoms with Crippen LogP contribution < -0.4 is 15.0 Å². The van der Waals surface area contributed by atoms with Gasteiger partial charge in [-0.3, -0.25) is 19.7 Å². The zero-order valence-electron chi connectivity index (χ0n) is 13.8. The van der Waals surface area contributed by atoms with Crippen LogP contribution in [0, 0.1) is 0 Å². The molecule has 0 radical (unpaired) electrons. The lowest BCUT2D eigenvalue weighted by molar-refractivity contribution is -0.136. The van der Waals surface area contributed by atoms with Gasteiger partial charge in [-0.2, -0.15) is 0 Å². The van der Waals surface area contributed by atoms with Crippen LogP contribution in [0.3, 0.4) is 0 Å². The molecule has 0 bridgehead atoms. The molecule has 25 heavy (non-hydrogen) atoms. The summed E-state index contributed by atoms with van der Waals surface area (Å²) >= 11 is 0. The van der Waals surface area contributed by atoms with Gasteiger partial charge in [-0.1, -0.05) is 0 Å². The lowest BCUT2D eigenvalue weighted by Gasteiger charge is -2.35. The number of benzene rings is 1. The van der Waals surface area contributed by atoms with Crippen LogP contribution in [-0.2, 0) is 16.1 Å². The highest BCUT2D eigenvalue weighted by molar-refractivity contribution is 6.05. The molecule has 4 rings (SSSR count). The molecule has 2 atom stereocenters. The SMILES string of the molecule is CN1c2cc3c(cc2OCC1CO)C(=O)N(C1CCC(=O)NC1=O)C3. The average molecular weight is 345 g/mol. The van der Waals surface area contributed by atoms with Gasteiger partial charge >= 0.3 is 0 Å². The Bertz CT molecular complexity index is 778. The van der Waals surface area contributed by atoms with E-state index in [4.69, 9.17) is 4.74 Å². The molecule has 0 saturated carbocycles. The number of nitrogens with one attached hydrogen (secondary N) is 1. The van der Waals surface area contributed by atoms with Crippen molar-refractivity contribution >= 4 is 23.4 Å². The molecule has 1 aromatic carbocycles. The van der Waals surface area contributed by atoms with Gasteiger partial charge in [0.15, 0.2) is 0 Å². The minimum atomic E-state index is -0.626. The van der Waals surface area contributed by atoms with Crippen molar-refractivity contribution in [2.24, 2.45) is 0 Å². The summed E-state index contributed by atoms with van der Waals surface area (Å²) in [5.74, 6) is -0.339. The quantitative estimate of drug-likeness (QED) is 0.710. The number of hydrogen-bond donors (Lipinski definition) is 2. The average Bonchev–Trinajstić information content (AvgIpc) is 2.90. The van der Waals surface area contributed by atoms with E-state index in [1.165, 1.54) is 4.90 Å². The number of likely N-dealkylation sites (N-methyl/N-ethyl adjacent to an activating group) is 1. The molecule has 0 spiro atoms. The van der Waals surface area contributed by atoms with E-state index in [0.717, 1.165) is 11.3 Å². The van der Waals surface area contributed by atoms with E-state index in [1.807, 2.05) is 18.0 Å². The number of nitrogens with zero attached hydrogens (tertiary/aromatic N) is 2. The van der Waals surface area contributed by atoms with E-state index in [-0.39, 0.29) is 30.9 Å². The molecule has 1 aromatic rings. The van der Waals surface area contributed by atoms with Crippen LogP contribution in [0.4, 0.5) is 5.69 Å². The molecule has 1 fully saturated rings. The molecule has 0 aliphatic carbocycles. The van der Waals surface area contributed by atoms with Gasteiger partial charge in [-0.05, 0) is 24.1 Å². The standard InChI is InChI=1S/C17H19N3O5/c1-19-10(7-21)8-25-14-5-11-9(4-13(14)19)6-20(17(11)24)12-2-3-15(22)18-16(12)23/h4-5,10,12,21H,2-3,6-8H2,1H3,(H,18,22,23). The molecule has 2 N–H and O–H groups in total. The Morgan fingerprint density at radius 2 is 2.12 bits per heavy atom. The maximum Gasteiger partial charge on any atom is 0.255 e. The number of fused-ring (bicyclic) bond motifs is 2. The van der Waals surface area contributed by atoms with Gasteiger partial charge in [0, 0.05) is 25.6 Å². The van der Waals surface area contributed by atoms with Gasteiger partial charge in [0.05, 0.1) is 18.3 Å². The maximum atomic E-state index is 12.8. The van der Waals surface area contributed by atoms with E-state index in [0.29, 0.717) is 30.9 Å². The van der Waals surface area contributed by atoms with Crippen molar-refractivity contribution in [3.8, 4) is 5.75 Å². The van der Waals surface area contributed by atoms with Crippen molar-refractivity contribution in [1.82, 2.24) is 10.2 Å². The number of ether oxygens (including phenoxy) is 1. The fourth-order valence-corrected chi connectivity index (χ4v) is 3.64. The normalized spacial score (nSPS) is 25.4. The predicted molar refractivity (Wildman–Crippen MR) is 87.3 cm³/mol. The second-order valence-corrected chi connectivity index (χ2v) is 6.64. The topological polar surface area (TPSA) is 99.2 Å². The van der Waals surface area contributed by atoms with Gasteiger partial charge in [-0.15, -0.1) is 0 Å². The molecule has 3 aliphatic rings. The monoisotopic (exact) mass is 345 g/mol. The summed E-state index contributed by atoms with van der Waals surface area (Å²) in [5, 5.41) is 11.7. The summed E-state index contributed by atoms with van der Waals surface area (Å²) in [7, 11) is 1.88. The first-order chi connectivity index (χ1) is 12.0. The molecule has 2 unspecified atom stereocenters. The molecule has 0 aromatic heterocycles. The molecular weight excluding hydrogens is 326 g/mol. The third kappa shape index (κ3) is 2.44. The lowest BCUT2D eigenvalue weighted by Crippen LogP contribution is -2.52. The maximum absolute atomic E-state index is 12.8. The number of anilines is 1. The van der Waals surface area contributed by atoms with Crippen molar-refractivity contribution < 1.29 is 24.2 Å². The van der Waals surface area contributed by atoms with Crippen LogP contribution in [0.5, 0.6) is 5.75 Å². The summed E-state index contributed by atoms with van der Waals surface area (Å²) in [5.41, 5.74) is 2.17. The van der Waals surface area contributed by atoms with Gasteiger partial charge in [0.1, 0.15) is 18.4 Å². The Hall–Kier alpha value is -2.61. The molecule has 132 valence electrons. The van der Waals surface area contributed by atoms with Crippen molar-refractivity contribution in [3.05, 3.63) is 23.3 Å². The first-order valence-electron chi connectivity index (χ1n) is 8.27. The van der Waals surface area contributed by atoms with Gasteiger partial charge in [0.2, 0.25) is 11.8 Å². The van der Waals surface area contributed by atoms with Crippen LogP contribution in [0.25, 0.3) is 0 Å². The Labute approximate surface area is 144 Å². The second kappa shape index (κ2) is 5.73. The van der Waals surface area contributed by atoms with E-state index in [1.54, 1.807) is 6.07 Å². The smallest absolute Gasteiger partial charge is 0.255 e. The first kappa shape index (κ1) is 15.9. The Kier molecular flexibility index (Phi) is 3.64. The lowest BCUT2D eigenvalue weighted by atomic mass is 10.0. The number of piperidine rings is 1. The summed E-state index contributed by atoms with van der Waals surface area (Å²) < 4.78 is 5.69. The van der Waals surface area contributed by atoms with E-state index < -0.39 is 11.9 Å². The van der Waals surface area contributed by atoms with Crippen LogP contribution >= 0.6 is 0 Å². The predicted octanol–water partition coefficient (Wildman–Crippen LogP) is -0.363. The van der Waals surface area contributed by atoms with E-state index >= 15 is 0 Å². The zero-order chi connectivity index (χ0) is 17.7. The van der Waals surface area contributed by atoms with Crippen LogP contribution in [0.2, 0.25) is 0 Å². The third-order valence-corrected chi connectivity index (χ3v) is 5.17. The fraction of sp³-hybridized carbons (Fsp3) is 0.471. The summed E-state index contributed by atoms with van der Waals surface area (Å²) in [6, 6.07) is 2.84. The van der Waals surface area contributed by atoms with Crippen LogP contribution in [0.15, 0.2) is 12.1 Å². The number of rotatable bonds is 2. The van der Waals surface area contributed by atoms with E-state index in [2.05, 4.69) is 5.32 Å². The molecule has 3 amide bonds. The fourth-order valence-electron chi connectivity index (χ4n) is 3.64. The van der Waals surface area contributed by atoms with Crippen molar-refractivity contribution in [1.29, 1.82) is 0 Å². The van der Waals surface area contributed by atoms with Gasteiger partial charge in [-0.25, -0.2) is 0 Å². The van der Waals surface area contributed by atoms with Gasteiger partial charge < -0.3 is 19.6 Å². The number of aliphatic hydroxyl groups excluding tert-OH is 1. The highest BCUT2D eigenvalue weighted by atomic mass is 16.5. The molecule has 8 nitrogen and oxygen atoms in total. The number of carbonyl (C=O) groups excluding carboxylic acids is 3. The number of hydrogen-bond acceptors (Lipinski definition) is 6. The minimum Gasteiger partial charge on any atom is -0.489 e. The van der Waals surface area contributed by atoms with Crippen LogP contribution in [-0.4, -0.2) is 60.1 Å². The van der Waals surface area contributed by atoms with Gasteiger partial charge in [0.25, 0.3) is 5.91 Å². The third-order valence-electron chi connectivity index (χ3n) is 5.17. The van der Waals surface area contributed by atoms with Crippen LogP contribution in [0.1, 0.15) is 28.8 Å². The van der Waals surface area contributed by atoms with Crippen molar-refractivity contribution in [2.45, 2.75) is 31.5 Å². The largest absolute Gasteiger partial charge is 0.489 e. The summed E-state index contributed by atoms with van der Waals surface area (Å²) in [4.78, 5) is 39.6. The van der Waals surface area contributed by atoms with E-state index in [9.17, 15) is 19.5 Å². The first-order valence-corrected chi connectivity index (χ1v) is 8.27. The minimum absolute atomic E-state index is 0.0195. The zero-order valence-corrected chi connectivity index (χ0v) is 13.8. The highest BCUT2D eigenvalue weighted by Gasteiger charge is 2.40. The Morgan fingerprint density at radius 1 is 1.32 bits per heavy atom. The highest BCUT2D eigenvalue weighted by Crippen LogP contribution is 2.39. The summed E-state index contributed by atoms with van der Waals surface area (Å²) in [6.45, 7) is 0.656. The number of carbonyl (C=O) groups is 3. The summed E-state index contributed by atoms with van der Waals surface area (Å²) in [6.07, 6.45) is 0.574. The molecular formula is C17H19N3O5. The molecule has 1 saturated heterocycles. The second-order valence-electron chi connectivity index (χ2n) is 6.64. The number of imide groups is 1. The van der Waals surface area contributed by atoms with Crippen molar-refractivity contribution in [3.63, 3.8) is 0 Å². The number of amides is 3. The molecule has 8 heteroatoms. The molecule has 3 aliphatic heterocycles.